The van der Waals surface area contributed by atoms with Crippen LogP contribution in [0.3, 0.4) is 0 Å². The molecule has 0 aliphatic carbocycles. The first-order valence-corrected chi connectivity index (χ1v) is 6.91. The van der Waals surface area contributed by atoms with Gasteiger partial charge in [0, 0.05) is 12.1 Å². The third kappa shape index (κ3) is 5.11. The molecule has 0 unspecified atom stereocenters. The smallest absolute Gasteiger partial charge is 0.394 e. The molecule has 1 aromatic carbocycles. The van der Waals surface area contributed by atoms with Crippen LogP contribution in [0.25, 0.3) is 0 Å². The number of aromatic nitrogens is 1. The molecule has 0 aliphatic heterocycles. The van der Waals surface area contributed by atoms with Crippen LogP contribution in [0.1, 0.15) is 32.0 Å². The Labute approximate surface area is 125 Å². The van der Waals surface area contributed by atoms with Crippen molar-refractivity contribution in [2.45, 2.75) is 39.5 Å². The lowest BCUT2D eigenvalue weighted by atomic mass is 10.1. The maximum atomic E-state index is 5.54. The predicted molar refractivity (Wildman–Crippen MR) is 80.4 cm³/mol. The molecule has 5 heteroatoms. The van der Waals surface area contributed by atoms with E-state index >= 15 is 0 Å². The monoisotopic (exact) mass is 290 g/mol. The molecule has 0 aliphatic rings. The molecule has 0 saturated heterocycles. The maximum Gasteiger partial charge on any atom is 0.394 e. The Hall–Kier alpha value is -2.01. The maximum absolute atomic E-state index is 5.54. The van der Waals surface area contributed by atoms with Gasteiger partial charge in [-0.1, -0.05) is 12.1 Å². The minimum atomic E-state index is 0.0422. The largest absolute Gasteiger partial charge is 0.497 e. The molecular formula is C16H22N2O3. The fourth-order valence-electron chi connectivity index (χ4n) is 1.70. The number of ether oxygens (including phenoxy) is 2. The summed E-state index contributed by atoms with van der Waals surface area (Å²) < 4.78 is 16.0. The van der Waals surface area contributed by atoms with Crippen LogP contribution in [0, 0.1) is 0 Å². The van der Waals surface area contributed by atoms with Gasteiger partial charge in [-0.25, -0.2) is 0 Å². The van der Waals surface area contributed by atoms with Crippen LogP contribution >= 0.6 is 0 Å². The van der Waals surface area contributed by atoms with E-state index < -0.39 is 0 Å². The van der Waals surface area contributed by atoms with E-state index in [9.17, 15) is 0 Å². The normalized spacial score (nSPS) is 11.4. The van der Waals surface area contributed by atoms with Crippen LogP contribution in [0.5, 0.6) is 11.8 Å². The molecule has 0 saturated carbocycles. The number of methoxy groups -OCH3 is 1. The lowest BCUT2D eigenvalue weighted by molar-refractivity contribution is 0.219. The third-order valence-corrected chi connectivity index (χ3v) is 2.83. The molecule has 21 heavy (non-hydrogen) atoms. The molecule has 1 heterocycles. The van der Waals surface area contributed by atoms with Gasteiger partial charge in [0.2, 0.25) is 0 Å². The van der Waals surface area contributed by atoms with Gasteiger partial charge in [-0.15, -0.1) is 0 Å². The van der Waals surface area contributed by atoms with E-state index in [2.05, 4.69) is 31.1 Å². The summed E-state index contributed by atoms with van der Waals surface area (Å²) >= 11 is 0. The molecule has 114 valence electrons. The number of rotatable bonds is 6. The Kier molecular flexibility index (Phi) is 4.85. The number of benzene rings is 1. The van der Waals surface area contributed by atoms with Crippen LogP contribution in [0.4, 0.5) is 0 Å². The second kappa shape index (κ2) is 6.63. The van der Waals surface area contributed by atoms with Crippen molar-refractivity contribution in [2.24, 2.45) is 0 Å². The van der Waals surface area contributed by atoms with Crippen molar-refractivity contribution in [1.29, 1.82) is 0 Å². The number of nitrogens with zero attached hydrogens (tertiary/aromatic N) is 1. The molecule has 0 atom stereocenters. The van der Waals surface area contributed by atoms with E-state index in [-0.39, 0.29) is 11.6 Å². The van der Waals surface area contributed by atoms with Crippen molar-refractivity contribution in [2.75, 3.05) is 7.11 Å². The summed E-state index contributed by atoms with van der Waals surface area (Å²) in [5.41, 5.74) is 1.87. The van der Waals surface area contributed by atoms with Gasteiger partial charge < -0.3 is 19.2 Å². The van der Waals surface area contributed by atoms with Crippen LogP contribution in [-0.4, -0.2) is 17.6 Å². The zero-order valence-electron chi connectivity index (χ0n) is 13.0. The van der Waals surface area contributed by atoms with Crippen LogP contribution in [-0.2, 0) is 13.2 Å². The Balaban J connectivity index is 1.87. The summed E-state index contributed by atoms with van der Waals surface area (Å²) in [7, 11) is 1.64. The number of oxazole rings is 1. The highest BCUT2D eigenvalue weighted by Gasteiger charge is 2.11. The van der Waals surface area contributed by atoms with Crippen molar-refractivity contribution in [3.05, 3.63) is 41.8 Å². The molecule has 0 bridgehead atoms. The van der Waals surface area contributed by atoms with E-state index in [0.29, 0.717) is 13.2 Å². The molecule has 0 amide bonds. The second-order valence-electron chi connectivity index (χ2n) is 5.85. The molecular weight excluding hydrogens is 268 g/mol. The van der Waals surface area contributed by atoms with E-state index in [0.717, 1.165) is 17.0 Å². The van der Waals surface area contributed by atoms with Crippen LogP contribution in [0.15, 0.2) is 34.9 Å². The number of nitrogens with one attached hydrogen (secondary N) is 1. The highest BCUT2D eigenvalue weighted by Crippen LogP contribution is 2.16. The predicted octanol–water partition coefficient (Wildman–Crippen LogP) is 3.15. The Morgan fingerprint density at radius 1 is 1.29 bits per heavy atom. The molecule has 1 N–H and O–H groups in total. The summed E-state index contributed by atoms with van der Waals surface area (Å²) in [6.07, 6.45) is 1.89. The fourth-order valence-corrected chi connectivity index (χ4v) is 1.70. The lowest BCUT2D eigenvalue weighted by Gasteiger charge is -2.19. The quantitative estimate of drug-likeness (QED) is 0.885. The molecule has 2 rings (SSSR count). The summed E-state index contributed by atoms with van der Waals surface area (Å²) in [6, 6.07) is 7.70. The molecule has 0 fully saturated rings. The number of hydrogen-bond donors (Lipinski definition) is 1. The van der Waals surface area contributed by atoms with Gasteiger partial charge in [0.15, 0.2) is 0 Å². The first kappa shape index (κ1) is 15.4. The lowest BCUT2D eigenvalue weighted by Crippen LogP contribution is -2.35. The van der Waals surface area contributed by atoms with E-state index in [1.165, 1.54) is 0 Å². The van der Waals surface area contributed by atoms with Gasteiger partial charge >= 0.3 is 6.08 Å². The Bertz CT molecular complexity index is 573. The molecule has 5 nitrogen and oxygen atoms in total. The molecule has 1 aromatic heterocycles. The van der Waals surface area contributed by atoms with Gasteiger partial charge in [-0.05, 0) is 38.5 Å². The highest BCUT2D eigenvalue weighted by atomic mass is 16.6. The minimum absolute atomic E-state index is 0.0422. The highest BCUT2D eigenvalue weighted by molar-refractivity contribution is 5.28. The van der Waals surface area contributed by atoms with Crippen molar-refractivity contribution in [3.63, 3.8) is 0 Å². The van der Waals surface area contributed by atoms with Crippen molar-refractivity contribution in [3.8, 4) is 11.8 Å². The average molecular weight is 290 g/mol. The average Bonchev–Trinajstić information content (AvgIpc) is 2.90. The number of hydrogen-bond acceptors (Lipinski definition) is 5. The van der Waals surface area contributed by atoms with Crippen LogP contribution in [0.2, 0.25) is 0 Å². The zero-order chi connectivity index (χ0) is 15.3. The van der Waals surface area contributed by atoms with Gasteiger partial charge in [0.25, 0.3) is 0 Å². The van der Waals surface area contributed by atoms with Crippen molar-refractivity contribution in [1.82, 2.24) is 10.3 Å². The van der Waals surface area contributed by atoms with E-state index in [1.807, 2.05) is 24.3 Å². The van der Waals surface area contributed by atoms with Gasteiger partial charge in [-0.2, -0.15) is 4.98 Å². The summed E-state index contributed by atoms with van der Waals surface area (Å²) in [5.74, 6) is 0.804. The van der Waals surface area contributed by atoms with Crippen LogP contribution < -0.4 is 14.8 Å². The summed E-state index contributed by atoms with van der Waals surface area (Å²) in [5, 5.41) is 3.35. The standard InChI is InChI=1S/C16H22N2O3/c1-16(2,3)17-9-13-11-21-15(18-13)20-10-12-6-5-7-14(8-12)19-4/h5-8,11,17H,9-10H2,1-4H3. The molecule has 0 radical (unpaired) electrons. The Morgan fingerprint density at radius 2 is 2.10 bits per heavy atom. The zero-order valence-corrected chi connectivity index (χ0v) is 13.0. The van der Waals surface area contributed by atoms with Gasteiger partial charge in [0.05, 0.1) is 12.8 Å². The summed E-state index contributed by atoms with van der Waals surface area (Å²) in [4.78, 5) is 4.29. The minimum Gasteiger partial charge on any atom is -0.497 e. The van der Waals surface area contributed by atoms with Gasteiger partial charge in [-0.3, -0.25) is 0 Å². The van der Waals surface area contributed by atoms with Crippen molar-refractivity contribution < 1.29 is 13.9 Å². The Morgan fingerprint density at radius 3 is 2.81 bits per heavy atom. The first-order valence-electron chi connectivity index (χ1n) is 6.91. The first-order chi connectivity index (χ1) is 9.96. The van der Waals surface area contributed by atoms with Crippen molar-refractivity contribution >= 4 is 0 Å². The molecule has 0 spiro atoms. The van der Waals surface area contributed by atoms with E-state index in [4.69, 9.17) is 13.9 Å². The van der Waals surface area contributed by atoms with E-state index in [1.54, 1.807) is 13.4 Å². The fraction of sp³-hybridized carbons (Fsp3) is 0.438. The third-order valence-electron chi connectivity index (χ3n) is 2.83. The second-order valence-corrected chi connectivity index (χ2v) is 5.85. The molecule has 2 aromatic rings. The SMILES string of the molecule is COc1cccc(COc2nc(CNC(C)(C)C)co2)c1. The topological polar surface area (TPSA) is 56.5 Å². The summed E-state index contributed by atoms with van der Waals surface area (Å²) in [6.45, 7) is 7.35. The van der Waals surface area contributed by atoms with Gasteiger partial charge in [0.1, 0.15) is 18.6 Å².